The van der Waals surface area contributed by atoms with Crippen LogP contribution in [0.2, 0.25) is 0 Å². The zero-order chi connectivity index (χ0) is 11.3. The van der Waals surface area contributed by atoms with E-state index in [0.29, 0.717) is 6.04 Å². The topological polar surface area (TPSA) is 44.7 Å². The summed E-state index contributed by atoms with van der Waals surface area (Å²) in [7, 11) is 0. The van der Waals surface area contributed by atoms with Crippen LogP contribution in [0.1, 0.15) is 20.8 Å². The summed E-state index contributed by atoms with van der Waals surface area (Å²) < 4.78 is 5.30. The largest absolute Gasteiger partial charge is 0.394 e. The van der Waals surface area contributed by atoms with Gasteiger partial charge in [0.05, 0.1) is 25.4 Å². The summed E-state index contributed by atoms with van der Waals surface area (Å²) >= 11 is 0. The van der Waals surface area contributed by atoms with Gasteiger partial charge in [0.1, 0.15) is 0 Å². The number of ether oxygens (including phenoxy) is 1. The van der Waals surface area contributed by atoms with Crippen molar-refractivity contribution in [3.05, 3.63) is 0 Å². The van der Waals surface area contributed by atoms with Crippen LogP contribution in [0, 0.1) is 0 Å². The number of aliphatic hydroxyl groups is 1. The highest BCUT2D eigenvalue weighted by molar-refractivity contribution is 4.88. The summed E-state index contributed by atoms with van der Waals surface area (Å²) in [6.07, 6.45) is 0. The lowest BCUT2D eigenvalue weighted by atomic mass is 10.0. The van der Waals surface area contributed by atoms with Crippen LogP contribution in [-0.2, 0) is 4.74 Å². The normalized spacial score (nSPS) is 23.0. The molecule has 1 saturated heterocycles. The maximum absolute atomic E-state index is 9.44. The van der Waals surface area contributed by atoms with Crippen LogP contribution < -0.4 is 5.32 Å². The summed E-state index contributed by atoms with van der Waals surface area (Å²) in [6, 6.07) is 0.392. The predicted molar refractivity (Wildman–Crippen MR) is 61.0 cm³/mol. The molecule has 0 aromatic heterocycles. The van der Waals surface area contributed by atoms with Gasteiger partial charge in [0.25, 0.3) is 0 Å². The molecule has 4 heteroatoms. The lowest BCUT2D eigenvalue weighted by molar-refractivity contribution is 0.0160. The maximum Gasteiger partial charge on any atom is 0.0623 e. The minimum atomic E-state index is -0.203. The Hall–Kier alpha value is -0.160. The molecule has 0 aromatic rings. The summed E-state index contributed by atoms with van der Waals surface area (Å²) in [5, 5.41) is 12.9. The van der Waals surface area contributed by atoms with Gasteiger partial charge in [0.15, 0.2) is 0 Å². The van der Waals surface area contributed by atoms with Crippen molar-refractivity contribution in [2.75, 3.05) is 39.5 Å². The lowest BCUT2D eigenvalue weighted by Gasteiger charge is -2.38. The van der Waals surface area contributed by atoms with E-state index in [1.165, 1.54) is 0 Å². The van der Waals surface area contributed by atoms with Crippen LogP contribution in [0.25, 0.3) is 0 Å². The Labute approximate surface area is 92.6 Å². The van der Waals surface area contributed by atoms with Crippen LogP contribution in [0.3, 0.4) is 0 Å². The van der Waals surface area contributed by atoms with Gasteiger partial charge in [-0.2, -0.15) is 0 Å². The van der Waals surface area contributed by atoms with Crippen molar-refractivity contribution in [2.24, 2.45) is 0 Å². The average molecular weight is 216 g/mol. The highest BCUT2D eigenvalue weighted by Crippen LogP contribution is 2.09. The molecule has 0 saturated carbocycles. The standard InChI is InChI=1S/C11H24N2O2/c1-10(2)12-11(3,9-14)8-13-4-6-15-7-5-13/h10,12,14H,4-9H2,1-3H3. The van der Waals surface area contributed by atoms with Crippen molar-refractivity contribution >= 4 is 0 Å². The first kappa shape index (κ1) is 12.9. The summed E-state index contributed by atoms with van der Waals surface area (Å²) in [5.74, 6) is 0. The van der Waals surface area contributed by atoms with Crippen LogP contribution >= 0.6 is 0 Å². The fraction of sp³-hybridized carbons (Fsp3) is 1.00. The molecule has 0 radical (unpaired) electrons. The van der Waals surface area contributed by atoms with Crippen molar-refractivity contribution in [2.45, 2.75) is 32.4 Å². The molecule has 1 rings (SSSR count). The number of morpholine rings is 1. The maximum atomic E-state index is 9.44. The van der Waals surface area contributed by atoms with Crippen molar-refractivity contribution < 1.29 is 9.84 Å². The fourth-order valence-electron chi connectivity index (χ4n) is 2.09. The Balaban J connectivity index is 2.42. The molecule has 0 aliphatic carbocycles. The van der Waals surface area contributed by atoms with Crippen LogP contribution in [0.5, 0.6) is 0 Å². The summed E-state index contributed by atoms with van der Waals surface area (Å²) in [6.45, 7) is 10.9. The quantitative estimate of drug-likeness (QED) is 0.682. The Morgan fingerprint density at radius 1 is 1.40 bits per heavy atom. The van der Waals surface area contributed by atoms with Crippen LogP contribution in [0.4, 0.5) is 0 Å². The van der Waals surface area contributed by atoms with Crippen molar-refractivity contribution in [1.29, 1.82) is 0 Å². The molecular formula is C11H24N2O2. The molecular weight excluding hydrogens is 192 g/mol. The molecule has 1 atom stereocenters. The molecule has 1 aliphatic heterocycles. The second-order valence-corrected chi connectivity index (χ2v) is 4.91. The fourth-order valence-corrected chi connectivity index (χ4v) is 2.09. The minimum absolute atomic E-state index is 0.169. The van der Waals surface area contributed by atoms with Gasteiger partial charge in [-0.15, -0.1) is 0 Å². The Kier molecular flexibility index (Phi) is 4.99. The van der Waals surface area contributed by atoms with E-state index in [-0.39, 0.29) is 12.1 Å². The number of rotatable bonds is 5. The first-order valence-electron chi connectivity index (χ1n) is 5.74. The highest BCUT2D eigenvalue weighted by Gasteiger charge is 2.27. The molecule has 1 unspecified atom stereocenters. The zero-order valence-electron chi connectivity index (χ0n) is 10.1. The van der Waals surface area contributed by atoms with Gasteiger partial charge < -0.3 is 15.2 Å². The molecule has 0 aromatic carbocycles. The van der Waals surface area contributed by atoms with Gasteiger partial charge in [0, 0.05) is 25.7 Å². The monoisotopic (exact) mass is 216 g/mol. The minimum Gasteiger partial charge on any atom is -0.394 e. The number of aliphatic hydroxyl groups excluding tert-OH is 1. The first-order chi connectivity index (χ1) is 7.06. The Morgan fingerprint density at radius 3 is 2.47 bits per heavy atom. The highest BCUT2D eigenvalue weighted by atomic mass is 16.5. The van der Waals surface area contributed by atoms with E-state index < -0.39 is 0 Å². The summed E-state index contributed by atoms with van der Waals surface area (Å²) in [4.78, 5) is 2.34. The Bertz CT molecular complexity index is 181. The van der Waals surface area contributed by atoms with Gasteiger partial charge in [-0.3, -0.25) is 4.90 Å². The number of nitrogens with one attached hydrogen (secondary N) is 1. The molecule has 0 spiro atoms. The van der Waals surface area contributed by atoms with Gasteiger partial charge in [-0.05, 0) is 6.92 Å². The van der Waals surface area contributed by atoms with E-state index in [1.807, 2.05) is 0 Å². The van der Waals surface area contributed by atoms with Crippen LogP contribution in [-0.4, -0.2) is 61.0 Å². The SMILES string of the molecule is CC(C)NC(C)(CO)CN1CCOCC1. The van der Waals surface area contributed by atoms with E-state index in [9.17, 15) is 5.11 Å². The smallest absolute Gasteiger partial charge is 0.0623 e. The second-order valence-electron chi connectivity index (χ2n) is 4.91. The first-order valence-corrected chi connectivity index (χ1v) is 5.74. The van der Waals surface area contributed by atoms with E-state index in [2.05, 4.69) is 31.0 Å². The third-order valence-corrected chi connectivity index (χ3v) is 2.66. The Morgan fingerprint density at radius 2 is 2.00 bits per heavy atom. The van der Waals surface area contributed by atoms with E-state index in [0.717, 1.165) is 32.8 Å². The molecule has 90 valence electrons. The van der Waals surface area contributed by atoms with Crippen LogP contribution in [0.15, 0.2) is 0 Å². The molecule has 0 bridgehead atoms. The molecule has 1 fully saturated rings. The van der Waals surface area contributed by atoms with Crippen molar-refractivity contribution in [3.8, 4) is 0 Å². The summed E-state index contributed by atoms with van der Waals surface area (Å²) in [5.41, 5.74) is -0.203. The third kappa shape index (κ3) is 4.47. The molecule has 2 N–H and O–H groups in total. The van der Waals surface area contributed by atoms with Gasteiger partial charge in [-0.25, -0.2) is 0 Å². The second kappa shape index (κ2) is 5.80. The van der Waals surface area contributed by atoms with Gasteiger partial charge in [-0.1, -0.05) is 13.8 Å². The van der Waals surface area contributed by atoms with E-state index in [4.69, 9.17) is 4.74 Å². The molecule has 0 amide bonds. The van der Waals surface area contributed by atoms with Crippen molar-refractivity contribution in [3.63, 3.8) is 0 Å². The third-order valence-electron chi connectivity index (χ3n) is 2.66. The molecule has 1 heterocycles. The number of hydrogen-bond donors (Lipinski definition) is 2. The number of nitrogens with zero attached hydrogens (tertiary/aromatic N) is 1. The predicted octanol–water partition coefficient (Wildman–Crippen LogP) is 0.0676. The number of hydrogen-bond acceptors (Lipinski definition) is 4. The van der Waals surface area contributed by atoms with Gasteiger partial charge in [0.2, 0.25) is 0 Å². The van der Waals surface area contributed by atoms with E-state index >= 15 is 0 Å². The average Bonchev–Trinajstić information content (AvgIpc) is 2.18. The van der Waals surface area contributed by atoms with Gasteiger partial charge >= 0.3 is 0 Å². The molecule has 1 aliphatic rings. The lowest BCUT2D eigenvalue weighted by Crippen LogP contribution is -2.57. The zero-order valence-corrected chi connectivity index (χ0v) is 10.1. The molecule has 15 heavy (non-hydrogen) atoms. The van der Waals surface area contributed by atoms with E-state index in [1.54, 1.807) is 0 Å². The molecule has 4 nitrogen and oxygen atoms in total. The van der Waals surface area contributed by atoms with Crippen molar-refractivity contribution in [1.82, 2.24) is 10.2 Å².